The Morgan fingerprint density at radius 3 is 2.59 bits per heavy atom. The zero-order valence-electron chi connectivity index (χ0n) is 15.0. The molecule has 0 bridgehead atoms. The van der Waals surface area contributed by atoms with E-state index in [9.17, 15) is 13.2 Å². The molecule has 0 aliphatic carbocycles. The molecule has 0 aliphatic heterocycles. The van der Waals surface area contributed by atoms with Crippen molar-refractivity contribution in [2.45, 2.75) is 6.18 Å². The third-order valence-electron chi connectivity index (χ3n) is 3.67. The van der Waals surface area contributed by atoms with Crippen molar-refractivity contribution < 1.29 is 13.2 Å². The summed E-state index contributed by atoms with van der Waals surface area (Å²) in [5.74, 6) is 0.163. The van der Waals surface area contributed by atoms with Gasteiger partial charge in [-0.2, -0.15) is 18.3 Å². The highest BCUT2D eigenvalue weighted by Crippen LogP contribution is 2.30. The van der Waals surface area contributed by atoms with E-state index in [4.69, 9.17) is 18.0 Å². The van der Waals surface area contributed by atoms with Crippen LogP contribution in [0.5, 0.6) is 0 Å². The molecule has 0 radical (unpaired) electrons. The van der Waals surface area contributed by atoms with Gasteiger partial charge in [0.15, 0.2) is 5.11 Å². The highest BCUT2D eigenvalue weighted by atomic mass is 32.1. The van der Waals surface area contributed by atoms with Crippen molar-refractivity contribution in [1.29, 1.82) is 0 Å². The number of nitrogens with zero attached hydrogens (tertiary/aromatic N) is 5. The molecule has 150 valence electrons. The van der Waals surface area contributed by atoms with E-state index < -0.39 is 11.7 Å². The number of H-pyrrole nitrogens is 1. The third-order valence-corrected chi connectivity index (χ3v) is 3.93. The van der Waals surface area contributed by atoms with E-state index in [-0.39, 0.29) is 11.1 Å². The second-order valence-corrected chi connectivity index (χ2v) is 6.19. The molecule has 8 nitrogen and oxygen atoms in total. The van der Waals surface area contributed by atoms with Gasteiger partial charge in [0.2, 0.25) is 5.95 Å². The lowest BCUT2D eigenvalue weighted by atomic mass is 10.2. The molecule has 0 spiro atoms. The minimum atomic E-state index is -4.41. The number of nitrogens with one attached hydrogen (secondary N) is 2. The summed E-state index contributed by atoms with van der Waals surface area (Å²) >= 11 is 4.83. The molecule has 0 amide bonds. The number of aromatic nitrogens is 4. The molecule has 0 aliphatic rings. The highest BCUT2D eigenvalue weighted by molar-refractivity contribution is 7.80. The summed E-state index contributed by atoms with van der Waals surface area (Å²) in [4.78, 5) is 15.5. The number of anilines is 2. The van der Waals surface area contributed by atoms with Crippen LogP contribution >= 0.6 is 12.2 Å². The topological polar surface area (TPSA) is 108 Å². The first-order valence-corrected chi connectivity index (χ1v) is 8.52. The summed E-state index contributed by atoms with van der Waals surface area (Å²) in [6, 6.07) is 6.19. The molecule has 29 heavy (non-hydrogen) atoms. The predicted molar refractivity (Wildman–Crippen MR) is 106 cm³/mol. The van der Waals surface area contributed by atoms with E-state index in [1.165, 1.54) is 29.7 Å². The second-order valence-electron chi connectivity index (χ2n) is 5.77. The van der Waals surface area contributed by atoms with Gasteiger partial charge >= 0.3 is 6.18 Å². The first-order valence-electron chi connectivity index (χ1n) is 8.11. The van der Waals surface area contributed by atoms with E-state index >= 15 is 0 Å². The van der Waals surface area contributed by atoms with Crippen molar-refractivity contribution in [2.24, 2.45) is 10.8 Å². The quantitative estimate of drug-likeness (QED) is 0.331. The maximum absolute atomic E-state index is 12.7. The van der Waals surface area contributed by atoms with Gasteiger partial charge in [0.1, 0.15) is 0 Å². The summed E-state index contributed by atoms with van der Waals surface area (Å²) in [5, 5.41) is 8.33. The summed E-state index contributed by atoms with van der Waals surface area (Å²) in [6.45, 7) is 0. The lowest BCUT2D eigenvalue weighted by Gasteiger charge is -2.11. The van der Waals surface area contributed by atoms with Gasteiger partial charge in [0.25, 0.3) is 0 Å². The van der Waals surface area contributed by atoms with Gasteiger partial charge in [-0.3, -0.25) is 0 Å². The number of rotatable bonds is 5. The van der Waals surface area contributed by atoms with Crippen LogP contribution in [0.25, 0.3) is 11.4 Å². The fraction of sp³-hybridized carbons (Fsp3) is 0.118. The van der Waals surface area contributed by atoms with Crippen LogP contribution in [-0.2, 0) is 6.18 Å². The summed E-state index contributed by atoms with van der Waals surface area (Å²) in [7, 11) is 1.58. The first kappa shape index (κ1) is 20.2. The number of hydrazone groups is 1. The minimum Gasteiger partial charge on any atom is -0.375 e. The molecule has 1 aromatic carbocycles. The molecule has 0 fully saturated rings. The van der Waals surface area contributed by atoms with Crippen LogP contribution in [0.15, 0.2) is 48.0 Å². The van der Waals surface area contributed by atoms with E-state index in [1.54, 1.807) is 19.3 Å². The molecular weight excluding hydrogens is 405 g/mol. The van der Waals surface area contributed by atoms with E-state index in [0.717, 1.165) is 12.1 Å². The molecule has 0 atom stereocenters. The number of benzene rings is 1. The Kier molecular flexibility index (Phi) is 5.73. The molecule has 2 heterocycles. The number of hydrogen-bond donors (Lipinski definition) is 3. The van der Waals surface area contributed by atoms with Crippen molar-refractivity contribution in [3.05, 3.63) is 54.1 Å². The molecule has 12 heteroatoms. The zero-order chi connectivity index (χ0) is 21.0. The largest absolute Gasteiger partial charge is 0.416 e. The molecule has 4 N–H and O–H groups in total. The Morgan fingerprint density at radius 2 is 2.00 bits per heavy atom. The van der Waals surface area contributed by atoms with Crippen LogP contribution in [0.2, 0.25) is 0 Å². The fourth-order valence-electron chi connectivity index (χ4n) is 2.20. The number of thiocarbonyl (C=S) groups is 1. The van der Waals surface area contributed by atoms with Crippen molar-refractivity contribution >= 4 is 35.2 Å². The third kappa shape index (κ3) is 5.25. The van der Waals surface area contributed by atoms with Crippen LogP contribution in [0.1, 0.15) is 11.3 Å². The number of aromatic amines is 1. The highest BCUT2D eigenvalue weighted by Gasteiger charge is 2.29. The average molecular weight is 420 g/mol. The van der Waals surface area contributed by atoms with E-state index in [1.807, 2.05) is 0 Å². The maximum atomic E-state index is 12.7. The van der Waals surface area contributed by atoms with Crippen LogP contribution in [0.4, 0.5) is 24.8 Å². The molecule has 0 saturated carbocycles. The van der Waals surface area contributed by atoms with Crippen LogP contribution < -0.4 is 11.1 Å². The van der Waals surface area contributed by atoms with Crippen LogP contribution in [0, 0.1) is 0 Å². The molecule has 3 rings (SSSR count). The molecule has 0 saturated heterocycles. The predicted octanol–water partition coefficient (Wildman–Crippen LogP) is 3.14. The van der Waals surface area contributed by atoms with Crippen molar-refractivity contribution in [1.82, 2.24) is 24.9 Å². The molecule has 3 aromatic rings. The van der Waals surface area contributed by atoms with Crippen molar-refractivity contribution in [3.63, 3.8) is 0 Å². The zero-order valence-corrected chi connectivity index (χ0v) is 15.8. The number of alkyl halides is 3. The average Bonchev–Trinajstić information content (AvgIpc) is 3.20. The minimum absolute atomic E-state index is 0.0761. The van der Waals surface area contributed by atoms with Crippen molar-refractivity contribution in [3.8, 4) is 11.4 Å². The second kappa shape index (κ2) is 8.22. The van der Waals surface area contributed by atoms with E-state index in [2.05, 4.69) is 30.4 Å². The Hall–Kier alpha value is -3.54. The number of imidazole rings is 1. The van der Waals surface area contributed by atoms with Crippen LogP contribution in [-0.4, -0.2) is 43.3 Å². The maximum Gasteiger partial charge on any atom is 0.416 e. The van der Waals surface area contributed by atoms with Gasteiger partial charge in [-0.25, -0.2) is 20.0 Å². The molecule has 0 unspecified atom stereocenters. The summed E-state index contributed by atoms with van der Waals surface area (Å²) < 4.78 is 38.2. The molecule has 2 aromatic heterocycles. The Labute approximate surface area is 168 Å². The van der Waals surface area contributed by atoms with Gasteiger partial charge < -0.3 is 16.0 Å². The number of nitrogens with two attached hydrogens (primary N) is 1. The fourth-order valence-corrected chi connectivity index (χ4v) is 2.24. The van der Waals surface area contributed by atoms with Gasteiger partial charge in [0, 0.05) is 12.7 Å². The Balaban J connectivity index is 1.92. The summed E-state index contributed by atoms with van der Waals surface area (Å²) in [6.07, 6.45) is 0.0918. The van der Waals surface area contributed by atoms with Gasteiger partial charge in [0.05, 0.1) is 41.4 Å². The Morgan fingerprint density at radius 1 is 1.28 bits per heavy atom. The van der Waals surface area contributed by atoms with E-state index in [0.29, 0.717) is 22.8 Å². The lowest BCUT2D eigenvalue weighted by Crippen LogP contribution is -2.27. The molecular formula is C17H15F3N8S. The standard InChI is InChI=1S/C17H15F3N8S/c1-28(15(21)29)24-7-12-6-13(14-8-22-9-23-14)27-16(26-12)25-11-4-2-10(3-5-11)17(18,19)20/h2-9H,1H3,(H2,21,29)(H,22,23)(H,25,26,27)/b24-7+. The number of hydrogen-bond acceptors (Lipinski definition) is 6. The SMILES string of the molecule is CN(/N=C/c1cc(-c2cnc[nH]2)nc(Nc2ccc(C(F)(F)F)cc2)n1)C(N)=S. The van der Waals surface area contributed by atoms with Gasteiger partial charge in [-0.1, -0.05) is 0 Å². The smallest absolute Gasteiger partial charge is 0.375 e. The van der Waals surface area contributed by atoms with Crippen LogP contribution in [0.3, 0.4) is 0 Å². The lowest BCUT2D eigenvalue weighted by molar-refractivity contribution is -0.137. The number of halogens is 3. The summed E-state index contributed by atoms with van der Waals surface area (Å²) in [5.41, 5.74) is 6.68. The first-order chi connectivity index (χ1) is 13.7. The Bertz CT molecular complexity index is 1020. The monoisotopic (exact) mass is 420 g/mol. The van der Waals surface area contributed by atoms with Gasteiger partial charge in [-0.05, 0) is 42.5 Å². The van der Waals surface area contributed by atoms with Crippen molar-refractivity contribution in [2.75, 3.05) is 12.4 Å². The normalized spacial score (nSPS) is 11.6. The van der Waals surface area contributed by atoms with Gasteiger partial charge in [-0.15, -0.1) is 0 Å².